The fourth-order valence-electron chi connectivity index (χ4n) is 2.97. The summed E-state index contributed by atoms with van der Waals surface area (Å²) in [5.41, 5.74) is 7.96. The zero-order chi connectivity index (χ0) is 17.1. The zero-order valence-corrected chi connectivity index (χ0v) is 13.9. The average Bonchev–Trinajstić information content (AvgIpc) is 3.13. The summed E-state index contributed by atoms with van der Waals surface area (Å²) in [6, 6.07) is 7.68. The molecule has 0 unspecified atom stereocenters. The summed E-state index contributed by atoms with van der Waals surface area (Å²) in [6.45, 7) is 2.15. The van der Waals surface area contributed by atoms with Crippen molar-refractivity contribution in [1.82, 2.24) is 20.1 Å². The molecule has 1 fully saturated rings. The van der Waals surface area contributed by atoms with Gasteiger partial charge in [-0.1, -0.05) is 5.16 Å². The molecule has 2 N–H and O–H groups in total. The van der Waals surface area contributed by atoms with Crippen molar-refractivity contribution in [3.8, 4) is 11.4 Å². The Bertz CT molecular complexity index is 822. The maximum Gasteiger partial charge on any atom is 0.232 e. The van der Waals surface area contributed by atoms with Crippen LogP contribution in [0.15, 0.2) is 41.2 Å². The van der Waals surface area contributed by atoms with E-state index in [1.54, 1.807) is 12.4 Å². The molecule has 0 aromatic carbocycles. The molecule has 4 rings (SSSR count). The van der Waals surface area contributed by atoms with Gasteiger partial charge in [-0.15, -0.1) is 0 Å². The summed E-state index contributed by atoms with van der Waals surface area (Å²) in [7, 11) is 0. The highest BCUT2D eigenvalue weighted by Gasteiger charge is 2.14. The second kappa shape index (κ2) is 6.88. The number of nitrogens with two attached hydrogens (primary N) is 1. The highest BCUT2D eigenvalue weighted by molar-refractivity contribution is 5.56. The molecule has 3 aromatic rings. The van der Waals surface area contributed by atoms with Gasteiger partial charge >= 0.3 is 0 Å². The molecular formula is C18H20N6O. The lowest BCUT2D eigenvalue weighted by Gasteiger charge is -2.27. The molecule has 7 heteroatoms. The van der Waals surface area contributed by atoms with E-state index in [0.29, 0.717) is 23.8 Å². The lowest BCUT2D eigenvalue weighted by molar-refractivity contribution is 0.385. The first-order valence-electron chi connectivity index (χ1n) is 8.52. The molecule has 7 nitrogen and oxygen atoms in total. The minimum atomic E-state index is 0.479. The van der Waals surface area contributed by atoms with Crippen LogP contribution in [0.1, 0.15) is 30.8 Å². The predicted molar refractivity (Wildman–Crippen MR) is 95.0 cm³/mol. The van der Waals surface area contributed by atoms with E-state index >= 15 is 0 Å². The smallest absolute Gasteiger partial charge is 0.232 e. The maximum atomic E-state index is 5.64. The second-order valence-electron chi connectivity index (χ2n) is 6.22. The van der Waals surface area contributed by atoms with Gasteiger partial charge in [0.1, 0.15) is 5.82 Å². The summed E-state index contributed by atoms with van der Waals surface area (Å²) < 4.78 is 5.33. The van der Waals surface area contributed by atoms with E-state index in [9.17, 15) is 0 Å². The van der Waals surface area contributed by atoms with Crippen LogP contribution in [0.3, 0.4) is 0 Å². The molecule has 0 radical (unpaired) electrons. The monoisotopic (exact) mass is 336 g/mol. The maximum absolute atomic E-state index is 5.64. The molecule has 0 aliphatic carbocycles. The number of anilines is 2. The fraction of sp³-hybridized carbons (Fsp3) is 0.333. The Kier molecular flexibility index (Phi) is 4.28. The van der Waals surface area contributed by atoms with Crippen molar-refractivity contribution < 1.29 is 4.52 Å². The third-order valence-corrected chi connectivity index (χ3v) is 4.33. The van der Waals surface area contributed by atoms with Gasteiger partial charge in [-0.25, -0.2) is 4.98 Å². The quantitative estimate of drug-likeness (QED) is 0.782. The minimum Gasteiger partial charge on any atom is -0.397 e. The van der Waals surface area contributed by atoms with Gasteiger partial charge in [0.2, 0.25) is 11.7 Å². The molecule has 1 aliphatic rings. The number of hydrogen-bond donors (Lipinski definition) is 1. The Morgan fingerprint density at radius 1 is 1.00 bits per heavy atom. The molecular weight excluding hydrogens is 316 g/mol. The number of piperidine rings is 1. The van der Waals surface area contributed by atoms with Crippen molar-refractivity contribution in [1.29, 1.82) is 0 Å². The predicted octanol–water partition coefficient (Wildman–Crippen LogP) is 2.69. The van der Waals surface area contributed by atoms with Crippen LogP contribution in [0.5, 0.6) is 0 Å². The van der Waals surface area contributed by atoms with E-state index in [0.717, 1.165) is 30.2 Å². The van der Waals surface area contributed by atoms with Gasteiger partial charge < -0.3 is 15.2 Å². The summed E-state index contributed by atoms with van der Waals surface area (Å²) in [6.07, 6.45) is 7.68. The number of aromatic nitrogens is 4. The molecule has 0 amide bonds. The summed E-state index contributed by atoms with van der Waals surface area (Å²) in [4.78, 5) is 15.6. The van der Waals surface area contributed by atoms with E-state index < -0.39 is 0 Å². The molecule has 4 heterocycles. The number of pyridine rings is 2. The molecule has 0 atom stereocenters. The summed E-state index contributed by atoms with van der Waals surface area (Å²) >= 11 is 0. The van der Waals surface area contributed by atoms with Gasteiger partial charge in [0, 0.05) is 30.5 Å². The van der Waals surface area contributed by atoms with Crippen molar-refractivity contribution in [3.63, 3.8) is 0 Å². The Hall–Kier alpha value is -2.96. The SMILES string of the molecule is Nc1ccc(Cc2nc(-c3ccc(N4CCCCC4)nc3)no2)nc1. The van der Waals surface area contributed by atoms with E-state index in [-0.39, 0.29) is 0 Å². The van der Waals surface area contributed by atoms with Crippen LogP contribution in [0.4, 0.5) is 11.5 Å². The van der Waals surface area contributed by atoms with Gasteiger partial charge in [-0.3, -0.25) is 4.98 Å². The van der Waals surface area contributed by atoms with Gasteiger partial charge in [-0.05, 0) is 43.5 Å². The van der Waals surface area contributed by atoms with Crippen LogP contribution in [0, 0.1) is 0 Å². The van der Waals surface area contributed by atoms with E-state index in [1.165, 1.54) is 19.3 Å². The van der Waals surface area contributed by atoms with E-state index in [2.05, 4.69) is 25.0 Å². The summed E-state index contributed by atoms with van der Waals surface area (Å²) in [5, 5.41) is 4.05. The van der Waals surface area contributed by atoms with Crippen LogP contribution in [-0.2, 0) is 6.42 Å². The first kappa shape index (κ1) is 15.6. The molecule has 1 aliphatic heterocycles. The van der Waals surface area contributed by atoms with Gasteiger partial charge in [0.15, 0.2) is 0 Å². The van der Waals surface area contributed by atoms with Crippen LogP contribution in [0.2, 0.25) is 0 Å². The van der Waals surface area contributed by atoms with Crippen molar-refractivity contribution in [2.24, 2.45) is 0 Å². The number of rotatable bonds is 4. The highest BCUT2D eigenvalue weighted by atomic mass is 16.5. The average molecular weight is 336 g/mol. The van der Waals surface area contributed by atoms with Gasteiger partial charge in [0.05, 0.1) is 18.3 Å². The minimum absolute atomic E-state index is 0.479. The lowest BCUT2D eigenvalue weighted by atomic mass is 10.1. The van der Waals surface area contributed by atoms with Crippen molar-refractivity contribution in [2.45, 2.75) is 25.7 Å². The first-order chi connectivity index (χ1) is 12.3. The molecule has 0 saturated carbocycles. The van der Waals surface area contributed by atoms with Crippen molar-refractivity contribution in [3.05, 3.63) is 48.2 Å². The van der Waals surface area contributed by atoms with Gasteiger partial charge in [0.25, 0.3) is 0 Å². The molecule has 3 aromatic heterocycles. The summed E-state index contributed by atoms with van der Waals surface area (Å²) in [5.74, 6) is 2.08. The Balaban J connectivity index is 1.46. The van der Waals surface area contributed by atoms with Crippen LogP contribution in [-0.4, -0.2) is 33.2 Å². The Labute approximate surface area is 145 Å². The fourth-order valence-corrected chi connectivity index (χ4v) is 2.97. The Morgan fingerprint density at radius 3 is 2.60 bits per heavy atom. The number of nitrogen functional groups attached to an aromatic ring is 1. The molecule has 0 bridgehead atoms. The standard InChI is InChI=1S/C18H20N6O/c19-14-5-6-15(20-12-14)10-17-22-18(23-25-17)13-4-7-16(21-11-13)24-8-2-1-3-9-24/h4-7,11-12H,1-3,8-10,19H2. The van der Waals surface area contributed by atoms with Crippen molar-refractivity contribution in [2.75, 3.05) is 23.7 Å². The second-order valence-corrected chi connectivity index (χ2v) is 6.22. The van der Waals surface area contributed by atoms with E-state index in [4.69, 9.17) is 10.3 Å². The topological polar surface area (TPSA) is 94.0 Å². The first-order valence-corrected chi connectivity index (χ1v) is 8.52. The molecule has 1 saturated heterocycles. The molecule has 128 valence electrons. The Morgan fingerprint density at radius 2 is 1.88 bits per heavy atom. The molecule has 25 heavy (non-hydrogen) atoms. The molecule has 0 spiro atoms. The lowest BCUT2D eigenvalue weighted by Crippen LogP contribution is -2.29. The third kappa shape index (κ3) is 3.60. The van der Waals surface area contributed by atoms with E-state index in [1.807, 2.05) is 24.3 Å². The largest absolute Gasteiger partial charge is 0.397 e. The normalized spacial score (nSPS) is 14.6. The van der Waals surface area contributed by atoms with Crippen LogP contribution < -0.4 is 10.6 Å². The third-order valence-electron chi connectivity index (χ3n) is 4.33. The van der Waals surface area contributed by atoms with Gasteiger partial charge in [-0.2, -0.15) is 4.98 Å². The number of hydrogen-bond acceptors (Lipinski definition) is 7. The zero-order valence-electron chi connectivity index (χ0n) is 13.9. The van der Waals surface area contributed by atoms with Crippen molar-refractivity contribution >= 4 is 11.5 Å². The van der Waals surface area contributed by atoms with Crippen LogP contribution >= 0.6 is 0 Å². The van der Waals surface area contributed by atoms with Crippen LogP contribution in [0.25, 0.3) is 11.4 Å². The number of nitrogens with zero attached hydrogens (tertiary/aromatic N) is 5. The highest BCUT2D eigenvalue weighted by Crippen LogP contribution is 2.21.